The highest BCUT2D eigenvalue weighted by Crippen LogP contribution is 2.32. The van der Waals surface area contributed by atoms with E-state index in [2.05, 4.69) is 15.1 Å². The highest BCUT2D eigenvalue weighted by atomic mass is 16.5. The van der Waals surface area contributed by atoms with Gasteiger partial charge in [0.2, 0.25) is 0 Å². The van der Waals surface area contributed by atoms with Crippen molar-refractivity contribution in [1.82, 2.24) is 29.5 Å². The molecule has 11 heteroatoms. The van der Waals surface area contributed by atoms with E-state index in [1.54, 1.807) is 23.1 Å². The molecule has 0 radical (unpaired) electrons. The zero-order valence-corrected chi connectivity index (χ0v) is 20.4. The number of aliphatic hydroxyl groups excluding tert-OH is 1. The molecule has 0 saturated carbocycles. The molecule has 1 aliphatic rings. The van der Waals surface area contributed by atoms with Crippen LogP contribution in [0.4, 0.5) is 0 Å². The minimum absolute atomic E-state index is 0.103. The Morgan fingerprint density at radius 3 is 2.65 bits per heavy atom. The third-order valence-corrected chi connectivity index (χ3v) is 6.59. The fraction of sp³-hybridized carbons (Fsp3) is 0.269. The van der Waals surface area contributed by atoms with Crippen LogP contribution in [-0.2, 0) is 11.4 Å². The number of H-pyrrole nitrogens is 1. The lowest BCUT2D eigenvalue weighted by Gasteiger charge is -2.39. The number of carbonyl (C=O) groups is 3. The van der Waals surface area contributed by atoms with E-state index < -0.39 is 11.7 Å². The summed E-state index contributed by atoms with van der Waals surface area (Å²) in [4.78, 5) is 50.2. The van der Waals surface area contributed by atoms with Gasteiger partial charge in [-0.2, -0.15) is 5.10 Å². The van der Waals surface area contributed by atoms with Gasteiger partial charge in [-0.1, -0.05) is 18.2 Å². The summed E-state index contributed by atoms with van der Waals surface area (Å²) < 4.78 is 6.90. The molecule has 0 spiro atoms. The van der Waals surface area contributed by atoms with Gasteiger partial charge in [-0.3, -0.25) is 14.4 Å². The van der Waals surface area contributed by atoms with Crippen molar-refractivity contribution in [3.05, 3.63) is 71.8 Å². The molecule has 5 rings (SSSR count). The molecule has 1 aliphatic heterocycles. The van der Waals surface area contributed by atoms with Crippen LogP contribution >= 0.6 is 0 Å². The Hall–Kier alpha value is -4.51. The molecule has 0 unspecified atom stereocenters. The van der Waals surface area contributed by atoms with E-state index in [9.17, 15) is 19.5 Å². The summed E-state index contributed by atoms with van der Waals surface area (Å²) in [5, 5.41) is 14.3. The molecule has 1 saturated heterocycles. The number of fused-ring (bicyclic) bond motifs is 1. The maximum absolute atomic E-state index is 13.4. The minimum atomic E-state index is -0.695. The molecule has 0 bridgehead atoms. The molecule has 4 aromatic rings. The number of Topliss-reactive ketones (excluding diaryl/α,β-unsaturated/α-hetero) is 1. The van der Waals surface area contributed by atoms with Crippen LogP contribution in [0.15, 0.2) is 55.0 Å². The van der Waals surface area contributed by atoms with E-state index in [4.69, 9.17) is 4.74 Å². The van der Waals surface area contributed by atoms with Gasteiger partial charge in [-0.05, 0) is 25.1 Å². The number of aliphatic hydroxyl groups is 1. The largest absolute Gasteiger partial charge is 0.494 e. The Bertz CT molecular complexity index is 1480. The lowest BCUT2D eigenvalue weighted by atomic mass is 10.1. The van der Waals surface area contributed by atoms with E-state index in [0.717, 1.165) is 0 Å². The van der Waals surface area contributed by atoms with Crippen molar-refractivity contribution < 1.29 is 24.2 Å². The molecule has 37 heavy (non-hydrogen) atoms. The first-order valence-electron chi connectivity index (χ1n) is 11.8. The molecular weight excluding hydrogens is 476 g/mol. The van der Waals surface area contributed by atoms with Crippen LogP contribution in [-0.4, -0.2) is 85.0 Å². The van der Waals surface area contributed by atoms with Gasteiger partial charge >= 0.3 is 0 Å². The smallest absolute Gasteiger partial charge is 0.295 e. The summed E-state index contributed by atoms with van der Waals surface area (Å²) in [6, 6.07) is 10.4. The number of ether oxygens (including phenoxy) is 1. The molecule has 190 valence electrons. The van der Waals surface area contributed by atoms with Crippen molar-refractivity contribution >= 4 is 28.5 Å². The molecule has 0 aliphatic carbocycles. The van der Waals surface area contributed by atoms with Gasteiger partial charge in [0.1, 0.15) is 5.75 Å². The fourth-order valence-corrected chi connectivity index (χ4v) is 4.69. The lowest BCUT2D eigenvalue weighted by Crippen LogP contribution is -2.56. The number of rotatable bonds is 6. The van der Waals surface area contributed by atoms with Crippen LogP contribution in [0, 0.1) is 0 Å². The molecule has 3 aromatic heterocycles. The van der Waals surface area contributed by atoms with Crippen molar-refractivity contribution in [3.63, 3.8) is 0 Å². The molecule has 2 amide bonds. The summed E-state index contributed by atoms with van der Waals surface area (Å²) in [5.41, 5.74) is 1.69. The second-order valence-electron chi connectivity index (χ2n) is 8.79. The van der Waals surface area contributed by atoms with E-state index >= 15 is 0 Å². The number of hydrogen-bond donors (Lipinski definition) is 2. The van der Waals surface area contributed by atoms with Crippen molar-refractivity contribution in [2.75, 3.05) is 26.7 Å². The number of carbonyl (C=O) groups excluding carboxylic acids is 3. The number of aromatic amines is 1. The number of pyridine rings is 1. The summed E-state index contributed by atoms with van der Waals surface area (Å²) in [5.74, 6) is -0.776. The normalized spacial score (nSPS) is 15.7. The first-order valence-corrected chi connectivity index (χ1v) is 11.8. The Morgan fingerprint density at radius 1 is 1.16 bits per heavy atom. The Balaban J connectivity index is 1.40. The molecule has 1 atom stereocenters. The van der Waals surface area contributed by atoms with Crippen LogP contribution in [0.2, 0.25) is 0 Å². The number of methoxy groups -OCH3 is 1. The van der Waals surface area contributed by atoms with Crippen LogP contribution in [0.5, 0.6) is 5.75 Å². The van der Waals surface area contributed by atoms with Crippen LogP contribution in [0.3, 0.4) is 0 Å². The van der Waals surface area contributed by atoms with E-state index in [0.29, 0.717) is 40.3 Å². The predicted octanol–water partition coefficient (Wildman–Crippen LogP) is 1.81. The zero-order chi connectivity index (χ0) is 26.1. The van der Waals surface area contributed by atoms with Gasteiger partial charge < -0.3 is 24.6 Å². The number of nitrogens with zero attached hydrogens (tertiary/aromatic N) is 5. The summed E-state index contributed by atoms with van der Waals surface area (Å²) in [6.07, 6.45) is 4.44. The zero-order valence-electron chi connectivity index (χ0n) is 20.4. The van der Waals surface area contributed by atoms with Gasteiger partial charge in [-0.25, -0.2) is 9.67 Å². The highest BCUT2D eigenvalue weighted by Gasteiger charge is 2.34. The quantitative estimate of drug-likeness (QED) is 0.303. The van der Waals surface area contributed by atoms with Crippen LogP contribution < -0.4 is 4.74 Å². The Labute approximate surface area is 212 Å². The van der Waals surface area contributed by atoms with E-state index in [-0.39, 0.29) is 37.2 Å². The summed E-state index contributed by atoms with van der Waals surface area (Å²) >= 11 is 0. The average Bonchev–Trinajstić information content (AvgIpc) is 3.59. The monoisotopic (exact) mass is 502 g/mol. The lowest BCUT2D eigenvalue weighted by molar-refractivity contribution is -0.128. The third kappa shape index (κ3) is 4.23. The minimum Gasteiger partial charge on any atom is -0.494 e. The highest BCUT2D eigenvalue weighted by molar-refractivity contribution is 6.45. The van der Waals surface area contributed by atoms with Gasteiger partial charge in [-0.15, -0.1) is 0 Å². The topological polar surface area (TPSA) is 134 Å². The molecule has 1 fully saturated rings. The van der Waals surface area contributed by atoms with Crippen molar-refractivity contribution in [1.29, 1.82) is 0 Å². The number of ketones is 1. The van der Waals surface area contributed by atoms with Gasteiger partial charge in [0.15, 0.2) is 5.82 Å². The summed E-state index contributed by atoms with van der Waals surface area (Å²) in [7, 11) is 1.46. The van der Waals surface area contributed by atoms with Crippen LogP contribution in [0.1, 0.15) is 33.3 Å². The summed E-state index contributed by atoms with van der Waals surface area (Å²) in [6.45, 7) is 2.41. The van der Waals surface area contributed by atoms with Crippen LogP contribution in [0.25, 0.3) is 16.7 Å². The molecule has 11 nitrogen and oxygen atoms in total. The Kier molecular flexibility index (Phi) is 6.45. The number of benzene rings is 1. The molecule has 4 heterocycles. The number of nitrogens with one attached hydrogen (secondary N) is 1. The number of hydrogen-bond acceptors (Lipinski definition) is 7. The molecule has 2 N–H and O–H groups in total. The van der Waals surface area contributed by atoms with Crippen molar-refractivity contribution in [2.45, 2.75) is 19.6 Å². The fourth-order valence-electron chi connectivity index (χ4n) is 4.69. The second kappa shape index (κ2) is 9.86. The number of piperazine rings is 1. The predicted molar refractivity (Wildman–Crippen MR) is 134 cm³/mol. The van der Waals surface area contributed by atoms with Gasteiger partial charge in [0.25, 0.3) is 17.6 Å². The second-order valence-corrected chi connectivity index (χ2v) is 8.79. The van der Waals surface area contributed by atoms with Gasteiger partial charge in [0.05, 0.1) is 42.1 Å². The maximum atomic E-state index is 13.4. The SMILES string of the molecule is COc1cnc(-n2nccc2CO)c2[nH]cc(C(=O)C(=O)N3CCN(C(=O)c4ccccc4)[C@H](C)C3)c12. The van der Waals surface area contributed by atoms with E-state index in [1.165, 1.54) is 35.3 Å². The number of aromatic nitrogens is 4. The molecule has 1 aromatic carbocycles. The first-order chi connectivity index (χ1) is 17.9. The standard InChI is InChI=1S/C26H26N6O5/c1-16-14-30(10-11-31(16)25(35)17-6-4-3-5-7-17)26(36)23(34)19-12-27-22-21(19)20(37-2)13-28-24(22)32-18(15-33)8-9-29-32/h3-9,12-13,16,27,33H,10-11,14-15H2,1-2H3/t16-/m1/s1. The average molecular weight is 503 g/mol. The van der Waals surface area contributed by atoms with Crippen molar-refractivity contribution in [3.8, 4) is 11.6 Å². The van der Waals surface area contributed by atoms with Crippen molar-refractivity contribution in [2.24, 2.45) is 0 Å². The Morgan fingerprint density at radius 2 is 1.95 bits per heavy atom. The van der Waals surface area contributed by atoms with Gasteiger partial charge in [0, 0.05) is 43.6 Å². The molecular formula is C26H26N6O5. The maximum Gasteiger partial charge on any atom is 0.295 e. The number of amides is 2. The third-order valence-electron chi connectivity index (χ3n) is 6.59. The first kappa shape index (κ1) is 24.2. The van der Waals surface area contributed by atoms with E-state index in [1.807, 2.05) is 25.1 Å².